The Morgan fingerprint density at radius 2 is 2.19 bits per heavy atom. The van der Waals surface area contributed by atoms with E-state index in [-0.39, 0.29) is 6.17 Å². The van der Waals surface area contributed by atoms with Crippen molar-refractivity contribution < 1.29 is 4.79 Å². The Labute approximate surface area is 98.6 Å². The minimum atomic E-state index is 0.267. The van der Waals surface area contributed by atoms with E-state index >= 15 is 0 Å². The van der Waals surface area contributed by atoms with Crippen molar-refractivity contribution in [1.29, 1.82) is 0 Å². The average molecular weight is 224 g/mol. The van der Waals surface area contributed by atoms with Crippen LogP contribution in [0.1, 0.15) is 40.0 Å². The molecule has 1 saturated carbocycles. The quantitative estimate of drug-likeness (QED) is 0.793. The average Bonchev–Trinajstić information content (AvgIpc) is 2.76. The lowest BCUT2D eigenvalue weighted by atomic mass is 10.0. The summed E-state index contributed by atoms with van der Waals surface area (Å²) in [6, 6.07) is 0. The van der Waals surface area contributed by atoms with Crippen LogP contribution in [0, 0.1) is 17.8 Å². The number of hydrogen-bond donors (Lipinski definition) is 1. The summed E-state index contributed by atoms with van der Waals surface area (Å²) in [6.07, 6.45) is 4.21. The van der Waals surface area contributed by atoms with Crippen LogP contribution in [0.3, 0.4) is 0 Å². The predicted octanol–water partition coefficient (Wildman–Crippen LogP) is 1.84. The Balaban J connectivity index is 1.93. The van der Waals surface area contributed by atoms with Crippen molar-refractivity contribution in [2.45, 2.75) is 46.2 Å². The summed E-state index contributed by atoms with van der Waals surface area (Å²) in [6.45, 7) is 8.19. The van der Waals surface area contributed by atoms with Crippen molar-refractivity contribution in [2.24, 2.45) is 17.8 Å². The molecule has 1 amide bonds. The van der Waals surface area contributed by atoms with Crippen molar-refractivity contribution in [3.8, 4) is 0 Å². The fourth-order valence-electron chi connectivity index (χ4n) is 3.14. The molecule has 92 valence electrons. The standard InChI is InChI=1S/C13H24N2O/c1-9(2)13-14-7-12(16)15(13)8-11-5-4-10(3)6-11/h9-11,13-14H,4-8H2,1-3H3. The predicted molar refractivity (Wildman–Crippen MR) is 64.8 cm³/mol. The summed E-state index contributed by atoms with van der Waals surface area (Å²) in [5, 5.41) is 3.32. The van der Waals surface area contributed by atoms with Crippen LogP contribution >= 0.6 is 0 Å². The second-order valence-electron chi connectivity index (χ2n) is 5.90. The van der Waals surface area contributed by atoms with E-state index in [9.17, 15) is 4.79 Å². The third kappa shape index (κ3) is 2.40. The van der Waals surface area contributed by atoms with Crippen LogP contribution < -0.4 is 5.32 Å². The van der Waals surface area contributed by atoms with Gasteiger partial charge < -0.3 is 4.90 Å². The number of carbonyl (C=O) groups excluding carboxylic acids is 1. The van der Waals surface area contributed by atoms with E-state index in [2.05, 4.69) is 31.0 Å². The number of rotatable bonds is 3. The van der Waals surface area contributed by atoms with Crippen LogP contribution in [0.2, 0.25) is 0 Å². The molecule has 1 saturated heterocycles. The van der Waals surface area contributed by atoms with Crippen molar-refractivity contribution in [2.75, 3.05) is 13.1 Å². The molecule has 1 N–H and O–H groups in total. The zero-order chi connectivity index (χ0) is 11.7. The largest absolute Gasteiger partial charge is 0.326 e. The second-order valence-corrected chi connectivity index (χ2v) is 5.90. The van der Waals surface area contributed by atoms with Crippen molar-refractivity contribution >= 4 is 5.91 Å². The third-order valence-corrected chi connectivity index (χ3v) is 4.01. The summed E-state index contributed by atoms with van der Waals surface area (Å²) < 4.78 is 0. The Morgan fingerprint density at radius 3 is 2.75 bits per heavy atom. The van der Waals surface area contributed by atoms with E-state index < -0.39 is 0 Å². The van der Waals surface area contributed by atoms with Gasteiger partial charge in [-0.2, -0.15) is 0 Å². The molecule has 3 heteroatoms. The summed E-state index contributed by atoms with van der Waals surface area (Å²) in [7, 11) is 0. The van der Waals surface area contributed by atoms with E-state index in [1.165, 1.54) is 19.3 Å². The van der Waals surface area contributed by atoms with Crippen LogP contribution in [-0.2, 0) is 4.79 Å². The SMILES string of the molecule is CC1CCC(CN2C(=O)CNC2C(C)C)C1. The van der Waals surface area contributed by atoms with Gasteiger partial charge in [0.1, 0.15) is 0 Å². The van der Waals surface area contributed by atoms with Crippen LogP contribution in [0.4, 0.5) is 0 Å². The monoisotopic (exact) mass is 224 g/mol. The maximum Gasteiger partial charge on any atom is 0.237 e. The first-order chi connectivity index (χ1) is 7.58. The van der Waals surface area contributed by atoms with Gasteiger partial charge in [-0.15, -0.1) is 0 Å². The molecular weight excluding hydrogens is 200 g/mol. The van der Waals surface area contributed by atoms with Gasteiger partial charge in [0.05, 0.1) is 12.7 Å². The zero-order valence-electron chi connectivity index (χ0n) is 10.7. The van der Waals surface area contributed by atoms with E-state index in [0.717, 1.165) is 18.4 Å². The molecule has 0 spiro atoms. The summed E-state index contributed by atoms with van der Waals surface area (Å²) in [5.41, 5.74) is 0. The maximum absolute atomic E-state index is 11.8. The lowest BCUT2D eigenvalue weighted by Crippen LogP contribution is -2.43. The maximum atomic E-state index is 11.8. The van der Waals surface area contributed by atoms with Gasteiger partial charge in [0.25, 0.3) is 0 Å². The number of hydrogen-bond acceptors (Lipinski definition) is 2. The molecule has 0 aromatic heterocycles. The lowest BCUT2D eigenvalue weighted by molar-refractivity contribution is -0.129. The molecule has 3 atom stereocenters. The summed E-state index contributed by atoms with van der Waals surface area (Å²) in [5.74, 6) is 2.39. The molecule has 0 radical (unpaired) electrons. The van der Waals surface area contributed by atoms with Crippen LogP contribution in [0.5, 0.6) is 0 Å². The Kier molecular flexibility index (Phi) is 3.53. The molecule has 1 heterocycles. The van der Waals surface area contributed by atoms with Crippen LogP contribution in [-0.4, -0.2) is 30.1 Å². The molecule has 1 aliphatic heterocycles. The summed E-state index contributed by atoms with van der Waals surface area (Å²) >= 11 is 0. The number of nitrogens with one attached hydrogen (secondary N) is 1. The Bertz CT molecular complexity index is 265. The van der Waals surface area contributed by atoms with Crippen LogP contribution in [0.15, 0.2) is 0 Å². The van der Waals surface area contributed by atoms with Gasteiger partial charge in [0.2, 0.25) is 5.91 Å². The zero-order valence-corrected chi connectivity index (χ0v) is 10.7. The van der Waals surface area contributed by atoms with Crippen molar-refractivity contribution in [3.63, 3.8) is 0 Å². The molecule has 2 fully saturated rings. The molecule has 0 aromatic rings. The van der Waals surface area contributed by atoms with E-state index in [4.69, 9.17) is 0 Å². The molecule has 2 aliphatic rings. The van der Waals surface area contributed by atoms with E-state index in [1.807, 2.05) is 0 Å². The minimum Gasteiger partial charge on any atom is -0.326 e. The fourth-order valence-corrected chi connectivity index (χ4v) is 3.14. The highest BCUT2D eigenvalue weighted by atomic mass is 16.2. The van der Waals surface area contributed by atoms with Gasteiger partial charge in [-0.3, -0.25) is 10.1 Å². The topological polar surface area (TPSA) is 32.3 Å². The normalized spacial score (nSPS) is 35.4. The molecule has 3 unspecified atom stereocenters. The van der Waals surface area contributed by atoms with Crippen LogP contribution in [0.25, 0.3) is 0 Å². The molecule has 0 aromatic carbocycles. The summed E-state index contributed by atoms with van der Waals surface area (Å²) in [4.78, 5) is 13.9. The molecule has 0 bridgehead atoms. The lowest BCUT2D eigenvalue weighted by Gasteiger charge is -2.29. The number of nitrogens with zero attached hydrogens (tertiary/aromatic N) is 1. The molecule has 2 rings (SSSR count). The van der Waals surface area contributed by atoms with Gasteiger partial charge in [-0.05, 0) is 30.6 Å². The van der Waals surface area contributed by atoms with Crippen molar-refractivity contribution in [3.05, 3.63) is 0 Å². The van der Waals surface area contributed by atoms with Gasteiger partial charge in [0, 0.05) is 6.54 Å². The second kappa shape index (κ2) is 4.74. The first-order valence-electron chi connectivity index (χ1n) is 6.60. The first kappa shape index (κ1) is 11.9. The van der Waals surface area contributed by atoms with Gasteiger partial charge in [-0.25, -0.2) is 0 Å². The van der Waals surface area contributed by atoms with E-state index in [1.54, 1.807) is 0 Å². The molecular formula is C13H24N2O. The minimum absolute atomic E-state index is 0.267. The number of carbonyl (C=O) groups is 1. The molecule has 1 aliphatic carbocycles. The van der Waals surface area contributed by atoms with Gasteiger partial charge in [0.15, 0.2) is 0 Å². The smallest absolute Gasteiger partial charge is 0.237 e. The van der Waals surface area contributed by atoms with Crippen molar-refractivity contribution in [1.82, 2.24) is 10.2 Å². The van der Waals surface area contributed by atoms with E-state index in [0.29, 0.717) is 18.4 Å². The highest BCUT2D eigenvalue weighted by Gasteiger charge is 2.35. The highest BCUT2D eigenvalue weighted by Crippen LogP contribution is 2.32. The fraction of sp³-hybridized carbons (Fsp3) is 0.923. The molecule has 16 heavy (non-hydrogen) atoms. The first-order valence-corrected chi connectivity index (χ1v) is 6.60. The Morgan fingerprint density at radius 1 is 1.44 bits per heavy atom. The Hall–Kier alpha value is -0.570. The van der Waals surface area contributed by atoms with Gasteiger partial charge in [-0.1, -0.05) is 27.2 Å². The number of amides is 1. The third-order valence-electron chi connectivity index (χ3n) is 4.01. The molecule has 3 nitrogen and oxygen atoms in total. The highest BCUT2D eigenvalue weighted by molar-refractivity contribution is 5.80. The van der Waals surface area contributed by atoms with Gasteiger partial charge >= 0.3 is 0 Å².